The smallest absolute Gasteiger partial charge is 0.0900 e. The number of aromatic nitrogens is 1. The summed E-state index contributed by atoms with van der Waals surface area (Å²) in [5.74, 6) is 0.976. The molecule has 1 fully saturated rings. The highest BCUT2D eigenvalue weighted by Gasteiger charge is 2.26. The van der Waals surface area contributed by atoms with Gasteiger partial charge in [-0.3, -0.25) is 0 Å². The molecule has 1 aromatic rings. The van der Waals surface area contributed by atoms with Crippen molar-refractivity contribution in [2.45, 2.75) is 45.1 Å². The lowest BCUT2D eigenvalue weighted by molar-refractivity contribution is 0.454. The second kappa shape index (κ2) is 3.87. The predicted molar refractivity (Wildman–Crippen MR) is 63.3 cm³/mol. The molecule has 1 unspecified atom stereocenters. The molecule has 0 radical (unpaired) electrons. The Bertz CT molecular complexity index is 355. The monoisotopic (exact) mass is 222 g/mol. The number of rotatable bonds is 3. The number of nitrogens with zero attached hydrogens (tertiary/aromatic N) is 1. The Morgan fingerprint density at radius 2 is 2.27 bits per heavy atom. The normalized spacial score (nSPS) is 25.3. The van der Waals surface area contributed by atoms with Gasteiger partial charge in [-0.25, -0.2) is 4.98 Å². The van der Waals surface area contributed by atoms with Crippen LogP contribution >= 0.6 is 11.3 Å². The zero-order valence-corrected chi connectivity index (χ0v) is 10.1. The molecule has 0 amide bonds. The van der Waals surface area contributed by atoms with E-state index in [-0.39, 0.29) is 0 Å². The minimum atomic E-state index is 0.612. The maximum atomic E-state index is 4.62. The van der Waals surface area contributed by atoms with Crippen LogP contribution in [0.2, 0.25) is 0 Å². The summed E-state index contributed by atoms with van der Waals surface area (Å²) in [6, 6.07) is 0.612. The molecule has 2 nitrogen and oxygen atoms in total. The number of fused-ring (bicyclic) bond motifs is 1. The fourth-order valence-corrected chi connectivity index (χ4v) is 3.45. The summed E-state index contributed by atoms with van der Waals surface area (Å²) in [5.41, 5.74) is 1.37. The van der Waals surface area contributed by atoms with Gasteiger partial charge in [-0.1, -0.05) is 0 Å². The number of thiazole rings is 1. The third kappa shape index (κ3) is 2.08. The molecule has 2 aliphatic carbocycles. The Morgan fingerprint density at radius 3 is 3.07 bits per heavy atom. The minimum Gasteiger partial charge on any atom is -0.309 e. The zero-order valence-electron chi connectivity index (χ0n) is 9.25. The van der Waals surface area contributed by atoms with Crippen LogP contribution in [0, 0.1) is 12.8 Å². The molecule has 0 aliphatic heterocycles. The first kappa shape index (κ1) is 9.79. The topological polar surface area (TPSA) is 24.9 Å². The Kier molecular flexibility index (Phi) is 2.53. The number of aryl methyl sites for hydroxylation is 2. The van der Waals surface area contributed by atoms with E-state index >= 15 is 0 Å². The van der Waals surface area contributed by atoms with Gasteiger partial charge in [0.05, 0.1) is 10.7 Å². The van der Waals surface area contributed by atoms with Gasteiger partial charge < -0.3 is 5.32 Å². The van der Waals surface area contributed by atoms with E-state index in [9.17, 15) is 0 Å². The SMILES string of the molecule is Cc1nc2c(s1)C(NCC1CC1)CCC2. The van der Waals surface area contributed by atoms with Gasteiger partial charge in [0, 0.05) is 10.9 Å². The van der Waals surface area contributed by atoms with Gasteiger partial charge in [-0.15, -0.1) is 11.3 Å². The number of nitrogens with one attached hydrogen (secondary N) is 1. The largest absolute Gasteiger partial charge is 0.309 e. The van der Waals surface area contributed by atoms with Crippen LogP contribution in [0.25, 0.3) is 0 Å². The summed E-state index contributed by atoms with van der Waals surface area (Å²) in [6.07, 6.45) is 6.68. The van der Waals surface area contributed by atoms with Crippen molar-refractivity contribution in [3.63, 3.8) is 0 Å². The van der Waals surface area contributed by atoms with Crippen LogP contribution in [0.4, 0.5) is 0 Å². The molecule has 0 bridgehead atoms. The van der Waals surface area contributed by atoms with Crippen molar-refractivity contribution in [1.82, 2.24) is 10.3 Å². The molecule has 0 spiro atoms. The summed E-state index contributed by atoms with van der Waals surface area (Å²) in [5, 5.41) is 4.96. The van der Waals surface area contributed by atoms with E-state index in [1.54, 1.807) is 0 Å². The van der Waals surface area contributed by atoms with E-state index in [0.29, 0.717) is 6.04 Å². The van der Waals surface area contributed by atoms with Crippen molar-refractivity contribution in [2.75, 3.05) is 6.54 Å². The van der Waals surface area contributed by atoms with Gasteiger partial charge in [0.25, 0.3) is 0 Å². The molecule has 2 aliphatic rings. The predicted octanol–water partition coefficient (Wildman–Crippen LogP) is 2.83. The van der Waals surface area contributed by atoms with Crippen molar-refractivity contribution < 1.29 is 0 Å². The second-order valence-corrected chi connectivity index (χ2v) is 6.08. The van der Waals surface area contributed by atoms with Crippen molar-refractivity contribution in [2.24, 2.45) is 5.92 Å². The standard InChI is InChI=1S/C12H18N2S/c1-8-14-11-4-2-3-10(12(11)15-8)13-7-9-5-6-9/h9-10,13H,2-7H2,1H3. The lowest BCUT2D eigenvalue weighted by Gasteiger charge is -2.22. The molecular weight excluding hydrogens is 204 g/mol. The lowest BCUT2D eigenvalue weighted by atomic mass is 9.98. The summed E-state index contributed by atoms with van der Waals surface area (Å²) >= 11 is 1.90. The highest BCUT2D eigenvalue weighted by molar-refractivity contribution is 7.11. The summed E-state index contributed by atoms with van der Waals surface area (Å²) in [7, 11) is 0. The fraction of sp³-hybridized carbons (Fsp3) is 0.750. The maximum absolute atomic E-state index is 4.62. The van der Waals surface area contributed by atoms with E-state index in [4.69, 9.17) is 0 Å². The molecule has 1 heterocycles. The van der Waals surface area contributed by atoms with Crippen LogP contribution in [-0.4, -0.2) is 11.5 Å². The zero-order chi connectivity index (χ0) is 10.3. The van der Waals surface area contributed by atoms with Gasteiger partial charge >= 0.3 is 0 Å². The molecule has 1 atom stereocenters. The van der Waals surface area contributed by atoms with E-state index < -0.39 is 0 Å². The first-order chi connectivity index (χ1) is 7.33. The average Bonchev–Trinajstić information content (AvgIpc) is 2.96. The first-order valence-electron chi connectivity index (χ1n) is 6.02. The fourth-order valence-electron chi connectivity index (χ4n) is 2.37. The van der Waals surface area contributed by atoms with Crippen LogP contribution < -0.4 is 5.32 Å². The van der Waals surface area contributed by atoms with Gasteiger partial charge in [0.2, 0.25) is 0 Å². The molecule has 3 rings (SSSR count). The number of hydrogen-bond acceptors (Lipinski definition) is 3. The molecule has 1 N–H and O–H groups in total. The molecular formula is C12H18N2S. The van der Waals surface area contributed by atoms with Crippen LogP contribution in [0.15, 0.2) is 0 Å². The van der Waals surface area contributed by atoms with Gasteiger partial charge in [-0.05, 0) is 51.5 Å². The van der Waals surface area contributed by atoms with Crippen LogP contribution in [0.1, 0.15) is 47.3 Å². The second-order valence-electron chi connectivity index (χ2n) is 4.84. The molecule has 1 aromatic heterocycles. The summed E-state index contributed by atoms with van der Waals surface area (Å²) in [6.45, 7) is 3.35. The highest BCUT2D eigenvalue weighted by atomic mass is 32.1. The Hall–Kier alpha value is -0.410. The van der Waals surface area contributed by atoms with Gasteiger partial charge in [-0.2, -0.15) is 0 Å². The highest BCUT2D eigenvalue weighted by Crippen LogP contribution is 2.35. The molecule has 1 saturated carbocycles. The average molecular weight is 222 g/mol. The Labute approximate surface area is 95.1 Å². The van der Waals surface area contributed by atoms with Crippen molar-refractivity contribution in [1.29, 1.82) is 0 Å². The molecule has 15 heavy (non-hydrogen) atoms. The molecule has 3 heteroatoms. The summed E-state index contributed by atoms with van der Waals surface area (Å²) < 4.78 is 0. The number of hydrogen-bond donors (Lipinski definition) is 1. The molecule has 0 saturated heterocycles. The third-order valence-corrected chi connectivity index (χ3v) is 4.53. The van der Waals surface area contributed by atoms with Crippen molar-refractivity contribution in [3.05, 3.63) is 15.6 Å². The van der Waals surface area contributed by atoms with E-state index in [1.807, 2.05) is 11.3 Å². The van der Waals surface area contributed by atoms with Crippen LogP contribution in [0.3, 0.4) is 0 Å². The van der Waals surface area contributed by atoms with Crippen LogP contribution in [-0.2, 0) is 6.42 Å². The Morgan fingerprint density at radius 1 is 1.40 bits per heavy atom. The molecule has 82 valence electrons. The van der Waals surface area contributed by atoms with Crippen molar-refractivity contribution >= 4 is 11.3 Å². The maximum Gasteiger partial charge on any atom is 0.0900 e. The van der Waals surface area contributed by atoms with E-state index in [1.165, 1.54) is 54.2 Å². The quantitative estimate of drug-likeness (QED) is 0.850. The Balaban J connectivity index is 1.72. The third-order valence-electron chi connectivity index (χ3n) is 3.41. The van der Waals surface area contributed by atoms with Gasteiger partial charge in [0.15, 0.2) is 0 Å². The molecule has 0 aromatic carbocycles. The van der Waals surface area contributed by atoms with Crippen LogP contribution in [0.5, 0.6) is 0 Å². The van der Waals surface area contributed by atoms with E-state index in [0.717, 1.165) is 5.92 Å². The van der Waals surface area contributed by atoms with E-state index in [2.05, 4.69) is 17.2 Å². The van der Waals surface area contributed by atoms with Gasteiger partial charge in [0.1, 0.15) is 0 Å². The summed E-state index contributed by atoms with van der Waals surface area (Å²) in [4.78, 5) is 6.15. The first-order valence-corrected chi connectivity index (χ1v) is 6.84. The minimum absolute atomic E-state index is 0.612. The lowest BCUT2D eigenvalue weighted by Crippen LogP contribution is -2.26. The van der Waals surface area contributed by atoms with Crippen molar-refractivity contribution in [3.8, 4) is 0 Å².